The Bertz CT molecular complexity index is 122. The maximum Gasteiger partial charge on any atom is -0.0232 e. The molecule has 0 heteroatoms. The van der Waals surface area contributed by atoms with Gasteiger partial charge in [-0.15, -0.1) is 0 Å². The predicted molar refractivity (Wildman–Crippen MR) is 46.0 cm³/mol. The maximum absolute atomic E-state index is 2.42. The summed E-state index contributed by atoms with van der Waals surface area (Å²) in [6.07, 6.45) is 9.31. The van der Waals surface area contributed by atoms with Crippen LogP contribution in [0.25, 0.3) is 0 Å². The molecule has 0 aromatic heterocycles. The second kappa shape index (κ2) is 3.80. The standard InChI is InChI=1S/C10H18/c1-3-6-10-8-5-4-7-9(10)2/h6,9H,3-5,7-8H2,1-2H3/b10-6-. The molecule has 0 saturated heterocycles. The zero-order valence-electron chi connectivity index (χ0n) is 7.19. The van der Waals surface area contributed by atoms with Gasteiger partial charge < -0.3 is 0 Å². The highest BCUT2D eigenvalue weighted by atomic mass is 14.2. The van der Waals surface area contributed by atoms with Crippen molar-refractivity contribution >= 4 is 0 Å². The average molecular weight is 138 g/mol. The SMILES string of the molecule is CC/C=C1/CCCCC1C. The normalized spacial score (nSPS) is 31.0. The molecule has 1 atom stereocenters. The third kappa shape index (κ3) is 1.86. The van der Waals surface area contributed by atoms with Gasteiger partial charge in [-0.25, -0.2) is 0 Å². The summed E-state index contributed by atoms with van der Waals surface area (Å²) in [5.41, 5.74) is 1.72. The Kier molecular flexibility index (Phi) is 2.98. The summed E-state index contributed by atoms with van der Waals surface area (Å²) < 4.78 is 0. The van der Waals surface area contributed by atoms with Crippen molar-refractivity contribution in [2.45, 2.75) is 46.0 Å². The maximum atomic E-state index is 2.42. The first-order valence-electron chi connectivity index (χ1n) is 4.53. The van der Waals surface area contributed by atoms with E-state index in [9.17, 15) is 0 Å². The van der Waals surface area contributed by atoms with E-state index >= 15 is 0 Å². The molecule has 0 nitrogen and oxygen atoms in total. The minimum Gasteiger partial charge on any atom is -0.0853 e. The van der Waals surface area contributed by atoms with E-state index in [2.05, 4.69) is 19.9 Å². The molecule has 10 heavy (non-hydrogen) atoms. The minimum atomic E-state index is 0.883. The summed E-state index contributed by atoms with van der Waals surface area (Å²) in [4.78, 5) is 0. The van der Waals surface area contributed by atoms with Crippen molar-refractivity contribution in [3.05, 3.63) is 11.6 Å². The van der Waals surface area contributed by atoms with Gasteiger partial charge in [-0.2, -0.15) is 0 Å². The molecule has 0 radical (unpaired) electrons. The first kappa shape index (κ1) is 7.84. The molecule has 1 saturated carbocycles. The Hall–Kier alpha value is -0.260. The van der Waals surface area contributed by atoms with E-state index in [1.807, 2.05) is 0 Å². The molecular weight excluding hydrogens is 120 g/mol. The van der Waals surface area contributed by atoms with Crippen molar-refractivity contribution in [1.29, 1.82) is 0 Å². The van der Waals surface area contributed by atoms with E-state index < -0.39 is 0 Å². The van der Waals surface area contributed by atoms with E-state index in [0.717, 1.165) is 5.92 Å². The van der Waals surface area contributed by atoms with Crippen LogP contribution in [0.3, 0.4) is 0 Å². The fourth-order valence-electron chi connectivity index (χ4n) is 1.78. The Morgan fingerprint density at radius 2 is 2.30 bits per heavy atom. The smallest absolute Gasteiger partial charge is 0.0232 e. The van der Waals surface area contributed by atoms with Crippen LogP contribution in [0.4, 0.5) is 0 Å². The molecule has 0 aliphatic heterocycles. The molecule has 0 aromatic rings. The molecular formula is C10H18. The number of allylic oxidation sites excluding steroid dienone is 2. The summed E-state index contributed by atoms with van der Waals surface area (Å²) in [6.45, 7) is 4.59. The summed E-state index contributed by atoms with van der Waals surface area (Å²) in [6, 6.07) is 0. The van der Waals surface area contributed by atoms with Crippen LogP contribution in [0, 0.1) is 5.92 Å². The highest BCUT2D eigenvalue weighted by Crippen LogP contribution is 2.28. The zero-order chi connectivity index (χ0) is 7.40. The molecule has 0 amide bonds. The van der Waals surface area contributed by atoms with Gasteiger partial charge in [0.2, 0.25) is 0 Å². The summed E-state index contributed by atoms with van der Waals surface area (Å²) in [5, 5.41) is 0. The fraction of sp³-hybridized carbons (Fsp3) is 0.800. The van der Waals surface area contributed by atoms with E-state index in [4.69, 9.17) is 0 Å². The molecule has 58 valence electrons. The molecule has 0 heterocycles. The largest absolute Gasteiger partial charge is 0.0853 e. The van der Waals surface area contributed by atoms with Gasteiger partial charge in [0.05, 0.1) is 0 Å². The lowest BCUT2D eigenvalue weighted by atomic mass is 9.85. The Morgan fingerprint density at radius 1 is 1.50 bits per heavy atom. The molecule has 0 bridgehead atoms. The Labute approximate surface area is 64.3 Å². The lowest BCUT2D eigenvalue weighted by Crippen LogP contribution is -2.05. The van der Waals surface area contributed by atoms with Crippen LogP contribution in [0.1, 0.15) is 46.0 Å². The van der Waals surface area contributed by atoms with Crippen molar-refractivity contribution in [3.63, 3.8) is 0 Å². The number of hydrogen-bond acceptors (Lipinski definition) is 0. The lowest BCUT2D eigenvalue weighted by molar-refractivity contribution is 0.482. The summed E-state index contributed by atoms with van der Waals surface area (Å²) >= 11 is 0. The first-order valence-corrected chi connectivity index (χ1v) is 4.53. The van der Waals surface area contributed by atoms with Gasteiger partial charge in [0, 0.05) is 0 Å². The van der Waals surface area contributed by atoms with Crippen molar-refractivity contribution in [2.24, 2.45) is 5.92 Å². The molecule has 1 rings (SSSR count). The highest BCUT2D eigenvalue weighted by molar-refractivity contribution is 5.07. The number of rotatable bonds is 1. The zero-order valence-corrected chi connectivity index (χ0v) is 7.19. The first-order chi connectivity index (χ1) is 4.84. The van der Waals surface area contributed by atoms with Crippen molar-refractivity contribution in [2.75, 3.05) is 0 Å². The fourth-order valence-corrected chi connectivity index (χ4v) is 1.78. The van der Waals surface area contributed by atoms with Crippen LogP contribution < -0.4 is 0 Å². The molecule has 1 aliphatic rings. The van der Waals surface area contributed by atoms with Crippen LogP contribution >= 0.6 is 0 Å². The van der Waals surface area contributed by atoms with E-state index in [1.165, 1.54) is 32.1 Å². The third-order valence-electron chi connectivity index (χ3n) is 2.45. The lowest BCUT2D eigenvalue weighted by Gasteiger charge is -2.21. The van der Waals surface area contributed by atoms with Crippen LogP contribution in [0.15, 0.2) is 11.6 Å². The molecule has 0 spiro atoms. The average Bonchev–Trinajstić information content (AvgIpc) is 1.94. The van der Waals surface area contributed by atoms with Crippen LogP contribution in [0.5, 0.6) is 0 Å². The van der Waals surface area contributed by atoms with Gasteiger partial charge in [0.1, 0.15) is 0 Å². The molecule has 1 fully saturated rings. The van der Waals surface area contributed by atoms with Gasteiger partial charge >= 0.3 is 0 Å². The number of hydrogen-bond donors (Lipinski definition) is 0. The molecule has 0 N–H and O–H groups in total. The summed E-state index contributed by atoms with van der Waals surface area (Å²) in [7, 11) is 0. The van der Waals surface area contributed by atoms with Crippen molar-refractivity contribution in [3.8, 4) is 0 Å². The van der Waals surface area contributed by atoms with Crippen LogP contribution in [0.2, 0.25) is 0 Å². The molecule has 0 aromatic carbocycles. The van der Waals surface area contributed by atoms with E-state index in [-0.39, 0.29) is 0 Å². The van der Waals surface area contributed by atoms with Crippen LogP contribution in [-0.2, 0) is 0 Å². The predicted octanol–water partition coefficient (Wildman–Crippen LogP) is 3.53. The topological polar surface area (TPSA) is 0 Å². The van der Waals surface area contributed by atoms with Gasteiger partial charge in [-0.3, -0.25) is 0 Å². The second-order valence-electron chi connectivity index (χ2n) is 3.33. The van der Waals surface area contributed by atoms with Crippen molar-refractivity contribution < 1.29 is 0 Å². The van der Waals surface area contributed by atoms with E-state index in [1.54, 1.807) is 5.57 Å². The highest BCUT2D eigenvalue weighted by Gasteiger charge is 2.12. The van der Waals surface area contributed by atoms with Crippen molar-refractivity contribution in [1.82, 2.24) is 0 Å². The molecule has 1 aliphatic carbocycles. The minimum absolute atomic E-state index is 0.883. The quantitative estimate of drug-likeness (QED) is 0.486. The van der Waals surface area contributed by atoms with Gasteiger partial charge in [-0.05, 0) is 31.6 Å². The van der Waals surface area contributed by atoms with Gasteiger partial charge in [0.15, 0.2) is 0 Å². The Balaban J connectivity index is 2.47. The molecule has 1 unspecified atom stereocenters. The summed E-state index contributed by atoms with van der Waals surface area (Å²) in [5.74, 6) is 0.883. The third-order valence-corrected chi connectivity index (χ3v) is 2.45. The van der Waals surface area contributed by atoms with Gasteiger partial charge in [-0.1, -0.05) is 31.9 Å². The Morgan fingerprint density at radius 3 is 2.90 bits per heavy atom. The van der Waals surface area contributed by atoms with Crippen LogP contribution in [-0.4, -0.2) is 0 Å². The van der Waals surface area contributed by atoms with E-state index in [0.29, 0.717) is 0 Å². The monoisotopic (exact) mass is 138 g/mol. The van der Waals surface area contributed by atoms with Gasteiger partial charge in [0.25, 0.3) is 0 Å². The second-order valence-corrected chi connectivity index (χ2v) is 3.33.